The minimum absolute atomic E-state index is 0.144. The number of carbonyl (C=O) groups is 1. The number of fused-ring (bicyclic) bond motifs is 3. The molecule has 0 saturated heterocycles. The number of hydrogen-bond acceptors (Lipinski definition) is 4. The molecule has 6 rings (SSSR count). The minimum atomic E-state index is -4.24. The van der Waals surface area contributed by atoms with Crippen LogP contribution in [0.2, 0.25) is 5.02 Å². The number of hydrogen-bond donors (Lipinski definition) is 2. The highest BCUT2D eigenvalue weighted by Gasteiger charge is 2.54. The molecule has 3 atom stereocenters. The highest BCUT2D eigenvalue weighted by molar-refractivity contribution is 6.30. The van der Waals surface area contributed by atoms with Crippen LogP contribution in [0, 0.1) is 11.8 Å². The Morgan fingerprint density at radius 2 is 1.91 bits per heavy atom. The molecular formula is C36H40ClF3N2O3. The molecule has 1 heterocycles. The lowest BCUT2D eigenvalue weighted by atomic mass is 9.59. The van der Waals surface area contributed by atoms with Gasteiger partial charge in [0, 0.05) is 28.2 Å². The zero-order valence-corrected chi connectivity index (χ0v) is 26.3. The van der Waals surface area contributed by atoms with E-state index in [1.165, 1.54) is 11.1 Å². The van der Waals surface area contributed by atoms with Crippen molar-refractivity contribution in [1.29, 1.82) is 0 Å². The summed E-state index contributed by atoms with van der Waals surface area (Å²) in [6.45, 7) is 2.54. The van der Waals surface area contributed by atoms with Gasteiger partial charge in [-0.05, 0) is 116 Å². The quantitative estimate of drug-likeness (QED) is 0.244. The molecule has 1 saturated carbocycles. The van der Waals surface area contributed by atoms with Crippen LogP contribution in [0.5, 0.6) is 5.75 Å². The molecule has 0 radical (unpaired) electrons. The number of alkyl halides is 3. The first-order valence-electron chi connectivity index (χ1n) is 16.0. The topological polar surface area (TPSA) is 71.5 Å². The van der Waals surface area contributed by atoms with Crippen LogP contribution in [0.15, 0.2) is 60.8 Å². The number of aryl methyl sites for hydroxylation is 1. The Hall–Kier alpha value is -3.26. The monoisotopic (exact) mass is 640 g/mol. The largest absolute Gasteiger partial charge is 0.493 e. The van der Waals surface area contributed by atoms with Crippen LogP contribution in [0.1, 0.15) is 86.6 Å². The molecule has 3 aliphatic rings. The summed E-state index contributed by atoms with van der Waals surface area (Å²) in [6, 6.07) is 17.4. The normalized spacial score (nSPS) is 26.6. The van der Waals surface area contributed by atoms with Crippen molar-refractivity contribution in [1.82, 2.24) is 4.98 Å². The number of aliphatic carboxylic acids is 1. The summed E-state index contributed by atoms with van der Waals surface area (Å²) in [7, 11) is 0. The Morgan fingerprint density at radius 1 is 1.13 bits per heavy atom. The van der Waals surface area contributed by atoms with E-state index in [1.807, 2.05) is 12.1 Å². The average Bonchev–Trinajstić information content (AvgIpc) is 3.28. The second-order valence-electron chi connectivity index (χ2n) is 13.5. The maximum absolute atomic E-state index is 13.4. The second-order valence-corrected chi connectivity index (χ2v) is 13.9. The zero-order valence-electron chi connectivity index (χ0n) is 25.5. The molecule has 0 amide bonds. The molecule has 2 aromatic carbocycles. The number of carboxylic acids is 1. The number of ether oxygens (including phenoxy) is 1. The minimum Gasteiger partial charge on any atom is -0.493 e. The first-order chi connectivity index (χ1) is 21.5. The van der Waals surface area contributed by atoms with E-state index in [0.29, 0.717) is 66.7 Å². The zero-order chi connectivity index (χ0) is 31.8. The summed E-state index contributed by atoms with van der Waals surface area (Å²) < 4.78 is 46.5. The van der Waals surface area contributed by atoms with Crippen molar-refractivity contribution in [3.8, 4) is 5.75 Å². The molecule has 5 nitrogen and oxygen atoms in total. The van der Waals surface area contributed by atoms with Gasteiger partial charge in [-0.25, -0.2) is 4.79 Å². The lowest BCUT2D eigenvalue weighted by molar-refractivity contribution is -0.144. The Labute approximate surface area is 267 Å². The second kappa shape index (κ2) is 12.5. The highest BCUT2D eigenvalue weighted by atomic mass is 35.5. The number of carboxylic acid groups (broad SMARTS) is 1. The third kappa shape index (κ3) is 6.53. The highest BCUT2D eigenvalue weighted by Crippen LogP contribution is 2.56. The standard InChI is InChI=1S/C36H40ClF3N2O3/c1-23(22-45-31-12-17-41-30-11-4-7-25(32(30)31)21-36(38,39)40)18-26-19-24-6-2-3-10-29(24)34(26)13-15-35(16-14-34,33(43)44)42-28-9-5-8-27(37)20-28/h2-3,5-6,8-10,12,17,20,23,25-26,42H,4,7,11,13-16,18-19,21-22H2,1H3,(H,43,44)/t23-,25+,26?,34?,35?/m1/s1. The van der Waals surface area contributed by atoms with Crippen LogP contribution in [-0.2, 0) is 23.1 Å². The van der Waals surface area contributed by atoms with Gasteiger partial charge in [-0.3, -0.25) is 4.98 Å². The van der Waals surface area contributed by atoms with Crippen LogP contribution in [-0.4, -0.2) is 34.4 Å². The lowest BCUT2D eigenvalue weighted by Gasteiger charge is -2.47. The fourth-order valence-corrected chi connectivity index (χ4v) is 8.59. The number of nitrogens with one attached hydrogen (secondary N) is 1. The maximum Gasteiger partial charge on any atom is 0.389 e. The van der Waals surface area contributed by atoms with Gasteiger partial charge in [-0.15, -0.1) is 0 Å². The molecule has 1 spiro atoms. The first kappa shape index (κ1) is 31.7. The van der Waals surface area contributed by atoms with Crippen LogP contribution in [0.25, 0.3) is 0 Å². The predicted molar refractivity (Wildman–Crippen MR) is 169 cm³/mol. The van der Waals surface area contributed by atoms with E-state index in [9.17, 15) is 23.1 Å². The van der Waals surface area contributed by atoms with Crippen molar-refractivity contribution in [3.05, 3.63) is 88.2 Å². The number of benzene rings is 2. The fraction of sp³-hybridized carbons (Fsp3) is 0.500. The van der Waals surface area contributed by atoms with Gasteiger partial charge in [0.05, 0.1) is 13.0 Å². The molecule has 45 heavy (non-hydrogen) atoms. The number of anilines is 1. The number of pyridine rings is 1. The van der Waals surface area contributed by atoms with Gasteiger partial charge in [0.1, 0.15) is 11.3 Å². The molecule has 3 aliphatic carbocycles. The van der Waals surface area contributed by atoms with Gasteiger partial charge in [-0.1, -0.05) is 48.9 Å². The third-order valence-electron chi connectivity index (χ3n) is 10.5. The van der Waals surface area contributed by atoms with Crippen molar-refractivity contribution in [3.63, 3.8) is 0 Å². The molecule has 1 aromatic heterocycles. The van der Waals surface area contributed by atoms with Crippen molar-refractivity contribution < 1.29 is 27.8 Å². The summed E-state index contributed by atoms with van der Waals surface area (Å²) in [4.78, 5) is 17.1. The molecule has 3 aromatic rings. The fourth-order valence-electron chi connectivity index (χ4n) is 8.40. The molecule has 0 aliphatic heterocycles. The number of nitrogens with zero attached hydrogens (tertiary/aromatic N) is 1. The van der Waals surface area contributed by atoms with Gasteiger partial charge < -0.3 is 15.2 Å². The summed E-state index contributed by atoms with van der Waals surface area (Å²) in [5, 5.41) is 14.3. The summed E-state index contributed by atoms with van der Waals surface area (Å²) in [5.74, 6) is -0.508. The van der Waals surface area contributed by atoms with E-state index >= 15 is 0 Å². The SMILES string of the molecule is C[C@@H](COc1ccnc2c1[C@H](CC(F)(F)F)CCC2)CC1Cc2ccccc2C12CCC(Nc1cccc(Cl)c1)(C(=O)O)CC2. The van der Waals surface area contributed by atoms with Gasteiger partial charge in [0.15, 0.2) is 0 Å². The molecular weight excluding hydrogens is 601 g/mol. The van der Waals surface area contributed by atoms with Crippen LogP contribution >= 0.6 is 11.6 Å². The van der Waals surface area contributed by atoms with Gasteiger partial charge in [-0.2, -0.15) is 13.2 Å². The number of halogens is 4. The Bertz CT molecular complexity index is 1540. The Morgan fingerprint density at radius 3 is 2.64 bits per heavy atom. The van der Waals surface area contributed by atoms with E-state index < -0.39 is 30.0 Å². The lowest BCUT2D eigenvalue weighted by Crippen LogP contribution is -2.53. The average molecular weight is 641 g/mol. The molecule has 1 unspecified atom stereocenters. The van der Waals surface area contributed by atoms with E-state index in [1.54, 1.807) is 24.4 Å². The predicted octanol–water partition coefficient (Wildman–Crippen LogP) is 9.13. The summed E-state index contributed by atoms with van der Waals surface area (Å²) in [6.07, 6.45) is 2.61. The third-order valence-corrected chi connectivity index (χ3v) is 10.7. The Kier molecular flexibility index (Phi) is 8.81. The molecule has 9 heteroatoms. The number of aromatic nitrogens is 1. The van der Waals surface area contributed by atoms with E-state index in [4.69, 9.17) is 16.3 Å². The van der Waals surface area contributed by atoms with Crippen molar-refractivity contribution in [2.24, 2.45) is 11.8 Å². The molecule has 0 bridgehead atoms. The van der Waals surface area contributed by atoms with Crippen LogP contribution in [0.3, 0.4) is 0 Å². The summed E-state index contributed by atoms with van der Waals surface area (Å²) in [5.41, 5.74) is 3.46. The first-order valence-corrected chi connectivity index (χ1v) is 16.4. The van der Waals surface area contributed by atoms with Crippen molar-refractivity contribution in [2.45, 2.75) is 94.2 Å². The maximum atomic E-state index is 13.4. The summed E-state index contributed by atoms with van der Waals surface area (Å²) >= 11 is 6.20. The van der Waals surface area contributed by atoms with Crippen molar-refractivity contribution >= 4 is 23.3 Å². The smallest absolute Gasteiger partial charge is 0.389 e. The van der Waals surface area contributed by atoms with Crippen LogP contribution < -0.4 is 10.1 Å². The Balaban J connectivity index is 1.18. The molecule has 2 N–H and O–H groups in total. The number of rotatable bonds is 9. The van der Waals surface area contributed by atoms with E-state index in [2.05, 4.69) is 41.5 Å². The molecule has 240 valence electrons. The van der Waals surface area contributed by atoms with E-state index in [-0.39, 0.29) is 11.3 Å². The van der Waals surface area contributed by atoms with E-state index in [0.717, 1.165) is 31.4 Å². The van der Waals surface area contributed by atoms with Gasteiger partial charge in [0.25, 0.3) is 0 Å². The van der Waals surface area contributed by atoms with Gasteiger partial charge in [0.2, 0.25) is 0 Å². The molecule has 1 fully saturated rings. The van der Waals surface area contributed by atoms with Gasteiger partial charge >= 0.3 is 12.1 Å². The van der Waals surface area contributed by atoms with Crippen molar-refractivity contribution in [2.75, 3.05) is 11.9 Å². The van der Waals surface area contributed by atoms with Crippen LogP contribution in [0.4, 0.5) is 18.9 Å².